The first-order valence-electron chi connectivity index (χ1n) is 8.81. The second kappa shape index (κ2) is 10.8. The van der Waals surface area contributed by atoms with Gasteiger partial charge in [-0.1, -0.05) is 19.4 Å². The topological polar surface area (TPSA) is 79.5 Å². The number of hydrogen-bond donors (Lipinski definition) is 3. The van der Waals surface area contributed by atoms with Crippen molar-refractivity contribution in [3.63, 3.8) is 0 Å². The van der Waals surface area contributed by atoms with E-state index in [1.807, 2.05) is 0 Å². The summed E-state index contributed by atoms with van der Waals surface area (Å²) in [5.74, 6) is 0.192. The van der Waals surface area contributed by atoms with E-state index in [-0.39, 0.29) is 16.9 Å². The van der Waals surface area contributed by atoms with E-state index in [9.17, 15) is 9.59 Å². The number of nitrogens with one attached hydrogen (secondary N) is 3. The number of thiocarbonyl (C=S) groups is 1. The summed E-state index contributed by atoms with van der Waals surface area (Å²) < 4.78 is 6.37. The average molecular weight is 464 g/mol. The van der Waals surface area contributed by atoms with Crippen molar-refractivity contribution in [2.24, 2.45) is 0 Å². The predicted molar refractivity (Wildman–Crippen MR) is 119 cm³/mol. The number of rotatable bonds is 7. The third kappa shape index (κ3) is 6.94. The van der Waals surface area contributed by atoms with E-state index < -0.39 is 0 Å². The van der Waals surface area contributed by atoms with Crippen molar-refractivity contribution < 1.29 is 14.3 Å². The molecule has 28 heavy (non-hydrogen) atoms. The average Bonchev–Trinajstić information content (AvgIpc) is 2.62. The van der Waals surface area contributed by atoms with Gasteiger partial charge in [0.15, 0.2) is 5.11 Å². The Morgan fingerprint density at radius 2 is 1.82 bits per heavy atom. The van der Waals surface area contributed by atoms with Crippen LogP contribution < -0.4 is 20.7 Å². The minimum absolute atomic E-state index is 0.157. The summed E-state index contributed by atoms with van der Waals surface area (Å²) in [5.41, 5.74) is 1.73. The molecule has 3 N–H and O–H groups in total. The van der Waals surface area contributed by atoms with Gasteiger partial charge in [-0.15, -0.1) is 0 Å². The number of benzene rings is 2. The van der Waals surface area contributed by atoms with E-state index in [2.05, 4.69) is 38.8 Å². The second-order valence-electron chi connectivity index (χ2n) is 6.02. The fourth-order valence-corrected chi connectivity index (χ4v) is 3.00. The Labute approximate surface area is 178 Å². The van der Waals surface area contributed by atoms with Crippen LogP contribution in [0.25, 0.3) is 0 Å². The summed E-state index contributed by atoms with van der Waals surface area (Å²) >= 11 is 8.63. The Balaban J connectivity index is 1.96. The highest BCUT2D eigenvalue weighted by Crippen LogP contribution is 2.26. The molecule has 0 saturated heterocycles. The molecule has 0 aliphatic heterocycles. The van der Waals surface area contributed by atoms with Crippen LogP contribution in [0.15, 0.2) is 46.9 Å². The maximum absolute atomic E-state index is 12.4. The SMILES string of the molecule is CCCCOc1ccc(C(=O)NC(=S)Nc2cccc(NC(C)=O)c2)cc1Br. The van der Waals surface area contributed by atoms with Gasteiger partial charge in [0, 0.05) is 23.9 Å². The summed E-state index contributed by atoms with van der Waals surface area (Å²) in [7, 11) is 0. The molecule has 0 spiro atoms. The monoisotopic (exact) mass is 463 g/mol. The molecule has 0 aliphatic rings. The number of carbonyl (C=O) groups excluding carboxylic acids is 2. The molecule has 0 bridgehead atoms. The van der Waals surface area contributed by atoms with Gasteiger partial charge in [-0.25, -0.2) is 0 Å². The van der Waals surface area contributed by atoms with Crippen LogP contribution in [-0.4, -0.2) is 23.5 Å². The molecule has 2 amide bonds. The summed E-state index contributed by atoms with van der Waals surface area (Å²) in [4.78, 5) is 23.6. The van der Waals surface area contributed by atoms with Gasteiger partial charge in [-0.05, 0) is 71.0 Å². The van der Waals surface area contributed by atoms with Gasteiger partial charge in [-0.2, -0.15) is 0 Å². The zero-order valence-electron chi connectivity index (χ0n) is 15.7. The molecule has 2 aromatic rings. The molecule has 0 fully saturated rings. The van der Waals surface area contributed by atoms with Gasteiger partial charge in [0.05, 0.1) is 11.1 Å². The van der Waals surface area contributed by atoms with E-state index >= 15 is 0 Å². The van der Waals surface area contributed by atoms with Crippen LogP contribution in [0.2, 0.25) is 0 Å². The highest BCUT2D eigenvalue weighted by Gasteiger charge is 2.11. The zero-order chi connectivity index (χ0) is 20.5. The number of ether oxygens (including phenoxy) is 1. The van der Waals surface area contributed by atoms with E-state index in [1.54, 1.807) is 42.5 Å². The highest BCUT2D eigenvalue weighted by atomic mass is 79.9. The normalized spacial score (nSPS) is 10.1. The lowest BCUT2D eigenvalue weighted by molar-refractivity contribution is -0.114. The van der Waals surface area contributed by atoms with Crippen molar-refractivity contribution in [1.29, 1.82) is 0 Å². The number of amides is 2. The molecule has 0 aromatic heterocycles. The van der Waals surface area contributed by atoms with Crippen LogP contribution in [0.3, 0.4) is 0 Å². The van der Waals surface area contributed by atoms with E-state index in [4.69, 9.17) is 17.0 Å². The summed E-state index contributed by atoms with van der Waals surface area (Å²) in [6.45, 7) is 4.16. The minimum Gasteiger partial charge on any atom is -0.492 e. The van der Waals surface area contributed by atoms with Crippen molar-refractivity contribution in [3.05, 3.63) is 52.5 Å². The standard InChI is InChI=1S/C20H22BrN3O3S/c1-3-4-10-27-18-9-8-14(11-17(18)21)19(26)24-20(28)23-16-7-5-6-15(12-16)22-13(2)25/h5-9,11-12H,3-4,10H2,1-2H3,(H,22,25)(H2,23,24,26,28). The number of hydrogen-bond acceptors (Lipinski definition) is 4. The first-order chi connectivity index (χ1) is 13.4. The number of unbranched alkanes of at least 4 members (excludes halogenated alkanes) is 1. The van der Waals surface area contributed by atoms with Gasteiger partial charge in [0.1, 0.15) is 5.75 Å². The molecular formula is C20H22BrN3O3S. The Morgan fingerprint density at radius 3 is 2.46 bits per heavy atom. The van der Waals surface area contributed by atoms with Crippen LogP contribution in [0, 0.1) is 0 Å². The smallest absolute Gasteiger partial charge is 0.257 e. The van der Waals surface area contributed by atoms with E-state index in [1.165, 1.54) is 6.92 Å². The molecule has 0 atom stereocenters. The second-order valence-corrected chi connectivity index (χ2v) is 7.28. The molecule has 0 heterocycles. The maximum Gasteiger partial charge on any atom is 0.257 e. The third-order valence-corrected chi connectivity index (χ3v) is 4.44. The Kier molecular flexibility index (Phi) is 8.41. The highest BCUT2D eigenvalue weighted by molar-refractivity contribution is 9.10. The van der Waals surface area contributed by atoms with Crippen LogP contribution in [0.5, 0.6) is 5.75 Å². The number of carbonyl (C=O) groups is 2. The van der Waals surface area contributed by atoms with Crippen LogP contribution in [0.4, 0.5) is 11.4 Å². The Bertz CT molecular complexity index is 874. The largest absolute Gasteiger partial charge is 0.492 e. The number of anilines is 2. The zero-order valence-corrected chi connectivity index (χ0v) is 18.1. The van der Waals surface area contributed by atoms with Gasteiger partial charge in [0.2, 0.25) is 5.91 Å². The molecule has 6 nitrogen and oxygen atoms in total. The molecule has 148 valence electrons. The maximum atomic E-state index is 12.4. The molecular weight excluding hydrogens is 442 g/mol. The fraction of sp³-hybridized carbons (Fsp3) is 0.250. The van der Waals surface area contributed by atoms with Gasteiger partial charge in [0.25, 0.3) is 5.91 Å². The van der Waals surface area contributed by atoms with Crippen LogP contribution in [0.1, 0.15) is 37.0 Å². The minimum atomic E-state index is -0.337. The first-order valence-corrected chi connectivity index (χ1v) is 10.0. The van der Waals surface area contributed by atoms with Crippen LogP contribution in [-0.2, 0) is 4.79 Å². The van der Waals surface area contributed by atoms with Gasteiger partial charge in [-0.3, -0.25) is 14.9 Å². The molecule has 0 radical (unpaired) electrons. The number of halogens is 1. The van der Waals surface area contributed by atoms with E-state index in [0.717, 1.165) is 12.8 Å². The molecule has 2 rings (SSSR count). The summed E-state index contributed by atoms with van der Waals surface area (Å²) in [6.07, 6.45) is 2.02. The van der Waals surface area contributed by atoms with Gasteiger partial charge < -0.3 is 15.4 Å². The Morgan fingerprint density at radius 1 is 1.11 bits per heavy atom. The van der Waals surface area contributed by atoms with Crippen LogP contribution >= 0.6 is 28.1 Å². The fourth-order valence-electron chi connectivity index (χ4n) is 2.30. The summed E-state index contributed by atoms with van der Waals surface area (Å²) in [5, 5.41) is 8.41. The summed E-state index contributed by atoms with van der Waals surface area (Å²) in [6, 6.07) is 12.2. The molecule has 0 unspecified atom stereocenters. The lowest BCUT2D eigenvalue weighted by Crippen LogP contribution is -2.34. The lowest BCUT2D eigenvalue weighted by atomic mass is 10.2. The third-order valence-electron chi connectivity index (χ3n) is 3.62. The quantitative estimate of drug-likeness (QED) is 0.409. The molecule has 0 saturated carbocycles. The van der Waals surface area contributed by atoms with Crippen molar-refractivity contribution in [1.82, 2.24) is 5.32 Å². The predicted octanol–water partition coefficient (Wildman–Crippen LogP) is 4.71. The molecule has 2 aromatic carbocycles. The molecule has 0 aliphatic carbocycles. The first kappa shape index (κ1) is 21.8. The van der Waals surface area contributed by atoms with Crippen molar-refractivity contribution in [2.75, 3.05) is 17.2 Å². The van der Waals surface area contributed by atoms with Gasteiger partial charge >= 0.3 is 0 Å². The van der Waals surface area contributed by atoms with Crippen molar-refractivity contribution in [2.45, 2.75) is 26.7 Å². The van der Waals surface area contributed by atoms with Crippen molar-refractivity contribution >= 4 is 56.4 Å². The lowest BCUT2D eigenvalue weighted by Gasteiger charge is -2.12. The van der Waals surface area contributed by atoms with E-state index in [0.29, 0.717) is 33.8 Å². The Hall–Kier alpha value is -2.45. The molecule has 8 heteroatoms. The van der Waals surface area contributed by atoms with Crippen molar-refractivity contribution in [3.8, 4) is 5.75 Å².